The maximum atomic E-state index is 12.2. The van der Waals surface area contributed by atoms with Crippen LogP contribution in [0.5, 0.6) is 11.5 Å². The normalized spacial score (nSPS) is 10.6. The minimum absolute atomic E-state index is 0.293. The van der Waals surface area contributed by atoms with Gasteiger partial charge in [0, 0.05) is 10.0 Å². The van der Waals surface area contributed by atoms with Crippen LogP contribution in [0.4, 0.5) is 0 Å². The molecule has 1 amide bonds. The average Bonchev–Trinajstić information content (AvgIpc) is 2.74. The standard InChI is InChI=1S/C22H19BrN2O3/c1-27-21-4-2-3-17(13-21)14-24-25-22(26)18-7-11-20(12-8-18)28-15-16-5-9-19(23)10-6-16/h2-14H,15H2,1H3,(H,25,26)/b24-14+. The number of rotatable bonds is 7. The number of ether oxygens (including phenoxy) is 2. The van der Waals surface area contributed by atoms with Gasteiger partial charge in [0.05, 0.1) is 13.3 Å². The Morgan fingerprint density at radius 1 is 1.04 bits per heavy atom. The Bertz CT molecular complexity index is 954. The lowest BCUT2D eigenvalue weighted by molar-refractivity contribution is 0.0955. The van der Waals surface area contributed by atoms with Crippen molar-refractivity contribution >= 4 is 28.1 Å². The third-order valence-corrected chi connectivity index (χ3v) is 4.44. The number of carbonyl (C=O) groups excluding carboxylic acids is 1. The van der Waals surface area contributed by atoms with Crippen LogP contribution in [0.3, 0.4) is 0 Å². The van der Waals surface area contributed by atoms with Crippen molar-refractivity contribution in [1.82, 2.24) is 5.43 Å². The van der Waals surface area contributed by atoms with E-state index in [-0.39, 0.29) is 5.91 Å². The maximum absolute atomic E-state index is 12.2. The van der Waals surface area contributed by atoms with E-state index in [1.54, 1.807) is 37.6 Å². The molecule has 0 bridgehead atoms. The minimum Gasteiger partial charge on any atom is -0.497 e. The van der Waals surface area contributed by atoms with Crippen LogP contribution in [0.1, 0.15) is 21.5 Å². The molecule has 1 N–H and O–H groups in total. The molecule has 0 saturated carbocycles. The van der Waals surface area contributed by atoms with Gasteiger partial charge in [-0.05, 0) is 59.7 Å². The Kier molecular flexibility index (Phi) is 6.81. The first-order valence-electron chi connectivity index (χ1n) is 8.59. The largest absolute Gasteiger partial charge is 0.497 e. The van der Waals surface area contributed by atoms with Crippen molar-refractivity contribution in [3.05, 3.63) is 94.0 Å². The lowest BCUT2D eigenvalue weighted by atomic mass is 10.2. The SMILES string of the molecule is COc1cccc(/C=N/NC(=O)c2ccc(OCc3ccc(Br)cc3)cc2)c1. The Morgan fingerprint density at radius 3 is 2.50 bits per heavy atom. The lowest BCUT2D eigenvalue weighted by Crippen LogP contribution is -2.17. The third kappa shape index (κ3) is 5.69. The second-order valence-electron chi connectivity index (χ2n) is 5.92. The zero-order valence-corrected chi connectivity index (χ0v) is 16.8. The minimum atomic E-state index is -0.293. The highest BCUT2D eigenvalue weighted by Gasteiger charge is 2.05. The number of nitrogens with one attached hydrogen (secondary N) is 1. The number of benzene rings is 3. The van der Waals surface area contributed by atoms with Crippen LogP contribution in [-0.2, 0) is 6.61 Å². The highest BCUT2D eigenvalue weighted by atomic mass is 79.9. The van der Waals surface area contributed by atoms with Crippen LogP contribution < -0.4 is 14.9 Å². The van der Waals surface area contributed by atoms with Gasteiger partial charge in [-0.3, -0.25) is 4.79 Å². The summed E-state index contributed by atoms with van der Waals surface area (Å²) < 4.78 is 11.9. The first-order chi connectivity index (χ1) is 13.6. The Hall–Kier alpha value is -3.12. The van der Waals surface area contributed by atoms with Crippen molar-refractivity contribution in [2.75, 3.05) is 7.11 Å². The number of hydrogen-bond donors (Lipinski definition) is 1. The van der Waals surface area contributed by atoms with E-state index in [2.05, 4.69) is 26.5 Å². The van der Waals surface area contributed by atoms with E-state index < -0.39 is 0 Å². The molecule has 0 unspecified atom stereocenters. The van der Waals surface area contributed by atoms with Gasteiger partial charge in [0.15, 0.2) is 0 Å². The zero-order valence-electron chi connectivity index (χ0n) is 15.3. The predicted molar refractivity (Wildman–Crippen MR) is 113 cm³/mol. The Labute approximate surface area is 172 Å². The molecule has 3 rings (SSSR count). The smallest absolute Gasteiger partial charge is 0.271 e. The van der Waals surface area contributed by atoms with Crippen LogP contribution in [0.15, 0.2) is 82.4 Å². The van der Waals surface area contributed by atoms with Crippen molar-refractivity contribution < 1.29 is 14.3 Å². The molecule has 3 aromatic rings. The van der Waals surface area contributed by atoms with Crippen LogP contribution in [-0.4, -0.2) is 19.2 Å². The van der Waals surface area contributed by atoms with Gasteiger partial charge in [0.1, 0.15) is 18.1 Å². The molecule has 6 heteroatoms. The second kappa shape index (κ2) is 9.71. The number of halogens is 1. The number of nitrogens with zero attached hydrogens (tertiary/aromatic N) is 1. The molecular weight excluding hydrogens is 420 g/mol. The molecule has 0 aliphatic heterocycles. The summed E-state index contributed by atoms with van der Waals surface area (Å²) in [4.78, 5) is 12.2. The molecule has 5 nitrogen and oxygen atoms in total. The van der Waals surface area contributed by atoms with Gasteiger partial charge in [-0.1, -0.05) is 40.2 Å². The van der Waals surface area contributed by atoms with E-state index in [9.17, 15) is 4.79 Å². The number of carbonyl (C=O) groups is 1. The number of methoxy groups -OCH3 is 1. The second-order valence-corrected chi connectivity index (χ2v) is 6.83. The lowest BCUT2D eigenvalue weighted by Gasteiger charge is -2.07. The van der Waals surface area contributed by atoms with Crippen molar-refractivity contribution in [3.63, 3.8) is 0 Å². The Morgan fingerprint density at radius 2 is 1.79 bits per heavy atom. The number of amides is 1. The van der Waals surface area contributed by atoms with Gasteiger partial charge >= 0.3 is 0 Å². The molecule has 0 aliphatic rings. The predicted octanol–water partition coefficient (Wildman–Crippen LogP) is 4.80. The fourth-order valence-electron chi connectivity index (χ4n) is 2.40. The third-order valence-electron chi connectivity index (χ3n) is 3.91. The van der Waals surface area contributed by atoms with Crippen LogP contribution in [0.25, 0.3) is 0 Å². The summed E-state index contributed by atoms with van der Waals surface area (Å²) in [5, 5.41) is 3.98. The first-order valence-corrected chi connectivity index (χ1v) is 9.38. The summed E-state index contributed by atoms with van der Waals surface area (Å²) in [6, 6.07) is 22.3. The van der Waals surface area contributed by atoms with Crippen LogP contribution in [0.2, 0.25) is 0 Å². The maximum Gasteiger partial charge on any atom is 0.271 e. The molecule has 0 radical (unpaired) electrons. The van der Waals surface area contributed by atoms with Crippen LogP contribution in [0, 0.1) is 0 Å². The van der Waals surface area contributed by atoms with E-state index in [0.29, 0.717) is 17.9 Å². The summed E-state index contributed by atoms with van der Waals surface area (Å²) in [7, 11) is 1.60. The van der Waals surface area contributed by atoms with E-state index >= 15 is 0 Å². The summed E-state index contributed by atoms with van der Waals surface area (Å²) in [6.07, 6.45) is 1.57. The van der Waals surface area contributed by atoms with E-state index in [4.69, 9.17) is 9.47 Å². The molecule has 0 aromatic heterocycles. The number of hydrazone groups is 1. The van der Waals surface area contributed by atoms with Crippen molar-refractivity contribution in [2.24, 2.45) is 5.10 Å². The summed E-state index contributed by atoms with van der Waals surface area (Å²) in [6.45, 7) is 0.462. The molecule has 0 spiro atoms. The molecule has 3 aromatic carbocycles. The topological polar surface area (TPSA) is 59.9 Å². The molecule has 0 heterocycles. The van der Waals surface area contributed by atoms with E-state index in [1.807, 2.05) is 48.5 Å². The molecule has 142 valence electrons. The van der Waals surface area contributed by atoms with Crippen molar-refractivity contribution in [2.45, 2.75) is 6.61 Å². The Balaban J connectivity index is 1.52. The van der Waals surface area contributed by atoms with E-state index in [1.165, 1.54) is 0 Å². The van der Waals surface area contributed by atoms with Gasteiger partial charge in [-0.2, -0.15) is 5.10 Å². The van der Waals surface area contributed by atoms with Gasteiger partial charge < -0.3 is 9.47 Å². The molecular formula is C22H19BrN2O3. The molecule has 28 heavy (non-hydrogen) atoms. The summed E-state index contributed by atoms with van der Waals surface area (Å²) in [5.74, 6) is 1.13. The van der Waals surface area contributed by atoms with Gasteiger partial charge in [-0.25, -0.2) is 5.43 Å². The van der Waals surface area contributed by atoms with Gasteiger partial charge in [0.25, 0.3) is 5.91 Å². The monoisotopic (exact) mass is 438 g/mol. The van der Waals surface area contributed by atoms with E-state index in [0.717, 1.165) is 21.3 Å². The molecule has 0 aliphatic carbocycles. The highest BCUT2D eigenvalue weighted by Crippen LogP contribution is 2.16. The molecule has 0 atom stereocenters. The first kappa shape index (κ1) is 19.6. The van der Waals surface area contributed by atoms with Gasteiger partial charge in [-0.15, -0.1) is 0 Å². The summed E-state index contributed by atoms with van der Waals surface area (Å²) >= 11 is 3.41. The average molecular weight is 439 g/mol. The quantitative estimate of drug-likeness (QED) is 0.425. The zero-order chi connectivity index (χ0) is 19.8. The molecule has 0 fully saturated rings. The fourth-order valence-corrected chi connectivity index (χ4v) is 2.67. The van der Waals surface area contributed by atoms with Crippen molar-refractivity contribution in [3.8, 4) is 11.5 Å². The highest BCUT2D eigenvalue weighted by molar-refractivity contribution is 9.10. The van der Waals surface area contributed by atoms with Crippen molar-refractivity contribution in [1.29, 1.82) is 0 Å². The summed E-state index contributed by atoms with van der Waals surface area (Å²) in [5.41, 5.74) is 4.91. The van der Waals surface area contributed by atoms with Gasteiger partial charge in [0.2, 0.25) is 0 Å². The molecule has 0 saturated heterocycles. The fraction of sp³-hybridized carbons (Fsp3) is 0.0909. The van der Waals surface area contributed by atoms with Crippen LogP contribution >= 0.6 is 15.9 Å². The number of hydrogen-bond acceptors (Lipinski definition) is 4.